The van der Waals surface area contributed by atoms with Gasteiger partial charge in [-0.15, -0.1) is 0 Å². The minimum atomic E-state index is -0.162. The van der Waals surface area contributed by atoms with Crippen molar-refractivity contribution < 1.29 is 14.3 Å². The van der Waals surface area contributed by atoms with E-state index in [9.17, 15) is 4.79 Å². The van der Waals surface area contributed by atoms with Crippen molar-refractivity contribution in [3.05, 3.63) is 94.5 Å². The first-order valence-electron chi connectivity index (χ1n) is 10.3. The highest BCUT2D eigenvalue weighted by Gasteiger charge is 2.28. The molecule has 0 aromatic heterocycles. The van der Waals surface area contributed by atoms with Crippen molar-refractivity contribution in [2.45, 2.75) is 13.8 Å². The molecule has 1 heterocycles. The molecule has 0 unspecified atom stereocenters. The number of benzene rings is 3. The topological polar surface area (TPSA) is 51.1 Å². The van der Waals surface area contributed by atoms with Crippen LogP contribution in [0, 0.1) is 6.92 Å². The molecular formula is C26H23ClN2O3. The van der Waals surface area contributed by atoms with Crippen LogP contribution in [0.2, 0.25) is 5.02 Å². The van der Waals surface area contributed by atoms with Crippen LogP contribution in [0.1, 0.15) is 18.1 Å². The third-order valence-electron chi connectivity index (χ3n) is 5.02. The lowest BCUT2D eigenvalue weighted by atomic mass is 10.1. The average molecular weight is 447 g/mol. The fraction of sp³-hybridized carbons (Fsp3) is 0.154. The summed E-state index contributed by atoms with van der Waals surface area (Å²) >= 11 is 6.05. The van der Waals surface area contributed by atoms with Crippen molar-refractivity contribution in [3.8, 4) is 11.5 Å². The molecule has 3 aromatic rings. The smallest absolute Gasteiger partial charge is 0.280 e. The quantitative estimate of drug-likeness (QED) is 0.334. The van der Waals surface area contributed by atoms with Crippen LogP contribution in [0.5, 0.6) is 11.5 Å². The molecule has 0 fully saturated rings. The van der Waals surface area contributed by atoms with E-state index in [1.807, 2.05) is 92.7 Å². The summed E-state index contributed by atoms with van der Waals surface area (Å²) in [6.45, 7) is 4.51. The van der Waals surface area contributed by atoms with Gasteiger partial charge in [0.2, 0.25) is 0 Å². The van der Waals surface area contributed by atoms with E-state index in [1.54, 1.807) is 0 Å². The Morgan fingerprint density at radius 2 is 1.66 bits per heavy atom. The molecule has 162 valence electrons. The highest BCUT2D eigenvalue weighted by Crippen LogP contribution is 2.27. The first kappa shape index (κ1) is 21.7. The third-order valence-corrected chi connectivity index (χ3v) is 5.45. The number of aryl methyl sites for hydroxylation is 1. The molecule has 0 aliphatic carbocycles. The lowest BCUT2D eigenvalue weighted by Crippen LogP contribution is -2.21. The fourth-order valence-corrected chi connectivity index (χ4v) is 3.45. The van der Waals surface area contributed by atoms with E-state index in [0.29, 0.717) is 35.3 Å². The van der Waals surface area contributed by atoms with Crippen LogP contribution in [0.25, 0.3) is 6.08 Å². The summed E-state index contributed by atoms with van der Waals surface area (Å²) in [5, 5.41) is 6.56. The summed E-state index contributed by atoms with van der Waals surface area (Å²) in [5.74, 6) is 1.26. The third kappa shape index (κ3) is 4.84. The Kier molecular flexibility index (Phi) is 6.57. The van der Waals surface area contributed by atoms with E-state index in [4.69, 9.17) is 21.1 Å². The van der Waals surface area contributed by atoms with Gasteiger partial charge < -0.3 is 9.47 Å². The number of hydrogen-bond acceptors (Lipinski definition) is 4. The predicted octanol–water partition coefficient (Wildman–Crippen LogP) is 5.91. The van der Waals surface area contributed by atoms with Crippen molar-refractivity contribution in [1.82, 2.24) is 0 Å². The number of anilines is 1. The lowest BCUT2D eigenvalue weighted by Gasteiger charge is -2.12. The van der Waals surface area contributed by atoms with Gasteiger partial charge in [-0.25, -0.2) is 0 Å². The normalized spacial score (nSPS) is 14.6. The largest absolute Gasteiger partial charge is 0.490 e. The van der Waals surface area contributed by atoms with E-state index in [1.165, 1.54) is 5.01 Å². The highest BCUT2D eigenvalue weighted by atomic mass is 35.5. The first-order valence-corrected chi connectivity index (χ1v) is 10.7. The number of halogens is 1. The van der Waals surface area contributed by atoms with Crippen LogP contribution >= 0.6 is 11.6 Å². The van der Waals surface area contributed by atoms with E-state index in [2.05, 4.69) is 5.10 Å². The Morgan fingerprint density at radius 1 is 0.938 bits per heavy atom. The van der Waals surface area contributed by atoms with Gasteiger partial charge in [-0.05, 0) is 61.9 Å². The standard InChI is InChI=1S/C26H23ClN2O3/c1-18-16-22(12-13-24(18)27)31-14-15-32-25-11-7-6-8-20(25)17-23-19(2)28-29(26(23)30)21-9-4-3-5-10-21/h3-13,16-17H,14-15H2,1-2H3/b23-17+. The minimum absolute atomic E-state index is 0.162. The van der Waals surface area contributed by atoms with Crippen LogP contribution in [-0.4, -0.2) is 24.8 Å². The van der Waals surface area contributed by atoms with Gasteiger partial charge in [0, 0.05) is 10.6 Å². The van der Waals surface area contributed by atoms with Crippen molar-refractivity contribution in [1.29, 1.82) is 0 Å². The van der Waals surface area contributed by atoms with Gasteiger partial charge in [-0.2, -0.15) is 10.1 Å². The Morgan fingerprint density at radius 3 is 2.44 bits per heavy atom. The lowest BCUT2D eigenvalue weighted by molar-refractivity contribution is -0.114. The van der Waals surface area contributed by atoms with Crippen molar-refractivity contribution in [3.63, 3.8) is 0 Å². The monoisotopic (exact) mass is 446 g/mol. The number of ether oxygens (including phenoxy) is 2. The number of hydrogen-bond donors (Lipinski definition) is 0. The summed E-state index contributed by atoms with van der Waals surface area (Å²) in [7, 11) is 0. The molecule has 0 N–H and O–H groups in total. The molecule has 4 rings (SSSR count). The van der Waals surface area contributed by atoms with Gasteiger partial charge in [0.15, 0.2) is 0 Å². The van der Waals surface area contributed by atoms with Crippen molar-refractivity contribution >= 4 is 35.0 Å². The van der Waals surface area contributed by atoms with Crippen LogP contribution < -0.4 is 14.5 Å². The maximum absolute atomic E-state index is 13.0. The molecule has 6 heteroatoms. The van der Waals surface area contributed by atoms with Crippen molar-refractivity contribution in [2.75, 3.05) is 18.2 Å². The summed E-state index contributed by atoms with van der Waals surface area (Å²) in [5.41, 5.74) is 3.71. The molecule has 0 atom stereocenters. The second-order valence-electron chi connectivity index (χ2n) is 7.34. The Hall–Kier alpha value is -3.57. The number of amides is 1. The molecule has 1 amide bonds. The van der Waals surface area contributed by atoms with Gasteiger partial charge in [0.1, 0.15) is 24.7 Å². The number of rotatable bonds is 7. The molecule has 1 aliphatic rings. The maximum Gasteiger partial charge on any atom is 0.280 e. The van der Waals surface area contributed by atoms with Gasteiger partial charge in [0.05, 0.1) is 17.0 Å². The molecular weight excluding hydrogens is 424 g/mol. The number of carbonyl (C=O) groups is 1. The summed E-state index contributed by atoms with van der Waals surface area (Å²) in [6, 6.07) is 22.5. The molecule has 0 radical (unpaired) electrons. The van der Waals surface area contributed by atoms with Gasteiger partial charge in [-0.3, -0.25) is 4.79 Å². The number of para-hydroxylation sites is 2. The summed E-state index contributed by atoms with van der Waals surface area (Å²) < 4.78 is 11.7. The van der Waals surface area contributed by atoms with Gasteiger partial charge in [-0.1, -0.05) is 48.0 Å². The van der Waals surface area contributed by atoms with E-state index < -0.39 is 0 Å². The van der Waals surface area contributed by atoms with Gasteiger partial charge >= 0.3 is 0 Å². The zero-order valence-corrected chi connectivity index (χ0v) is 18.7. The molecule has 3 aromatic carbocycles. The Labute approximate surface area is 192 Å². The van der Waals surface area contributed by atoms with Crippen LogP contribution in [0.4, 0.5) is 5.69 Å². The molecule has 0 saturated heterocycles. The van der Waals surface area contributed by atoms with Crippen LogP contribution in [0.3, 0.4) is 0 Å². The maximum atomic E-state index is 13.0. The predicted molar refractivity (Wildman–Crippen MR) is 129 cm³/mol. The summed E-state index contributed by atoms with van der Waals surface area (Å²) in [6.07, 6.45) is 1.82. The van der Waals surface area contributed by atoms with E-state index in [0.717, 1.165) is 22.6 Å². The highest BCUT2D eigenvalue weighted by molar-refractivity contribution is 6.32. The molecule has 0 saturated carbocycles. The van der Waals surface area contributed by atoms with E-state index in [-0.39, 0.29) is 5.91 Å². The molecule has 0 bridgehead atoms. The molecule has 5 nitrogen and oxygen atoms in total. The first-order chi connectivity index (χ1) is 15.5. The van der Waals surface area contributed by atoms with Crippen molar-refractivity contribution in [2.24, 2.45) is 5.10 Å². The Balaban J connectivity index is 1.44. The molecule has 0 spiro atoms. The van der Waals surface area contributed by atoms with Gasteiger partial charge in [0.25, 0.3) is 5.91 Å². The minimum Gasteiger partial charge on any atom is -0.490 e. The molecule has 32 heavy (non-hydrogen) atoms. The number of hydrazone groups is 1. The second kappa shape index (κ2) is 9.71. The van der Waals surface area contributed by atoms with Crippen LogP contribution in [0.15, 0.2) is 83.5 Å². The van der Waals surface area contributed by atoms with Crippen LogP contribution in [-0.2, 0) is 4.79 Å². The zero-order valence-electron chi connectivity index (χ0n) is 17.9. The summed E-state index contributed by atoms with van der Waals surface area (Å²) in [4.78, 5) is 13.0. The SMILES string of the molecule is CC1=NN(c2ccccc2)C(=O)/C1=C/c1ccccc1OCCOc1ccc(Cl)c(C)c1. The number of nitrogens with zero attached hydrogens (tertiary/aromatic N) is 2. The molecule has 1 aliphatic heterocycles. The average Bonchev–Trinajstić information content (AvgIpc) is 3.09. The zero-order chi connectivity index (χ0) is 22.5. The number of carbonyl (C=O) groups excluding carboxylic acids is 1. The Bertz CT molecular complexity index is 1190. The second-order valence-corrected chi connectivity index (χ2v) is 7.75. The fourth-order valence-electron chi connectivity index (χ4n) is 3.33. The van der Waals surface area contributed by atoms with E-state index >= 15 is 0 Å².